The highest BCUT2D eigenvalue weighted by Gasteiger charge is 1.90. The van der Waals surface area contributed by atoms with Gasteiger partial charge in [-0.15, -0.1) is 0 Å². The van der Waals surface area contributed by atoms with Crippen LogP contribution in [0.1, 0.15) is 5.56 Å². The Bertz CT molecular complexity index is 359. The normalized spacial score (nSPS) is 8.46. The number of carbonyl (C=O) groups is 1. The van der Waals surface area contributed by atoms with Crippen molar-refractivity contribution in [1.82, 2.24) is 5.32 Å². The van der Waals surface area contributed by atoms with Crippen LogP contribution in [0.25, 0.3) is 0 Å². The quantitative estimate of drug-likeness (QED) is 0.587. The van der Waals surface area contributed by atoms with Crippen molar-refractivity contribution < 1.29 is 9.18 Å². The summed E-state index contributed by atoms with van der Waals surface area (Å²) in [6.07, 6.45) is 0. The highest BCUT2D eigenvalue weighted by atomic mass is 19.1. The summed E-state index contributed by atoms with van der Waals surface area (Å²) in [6, 6.07) is 5.64. The lowest BCUT2D eigenvalue weighted by Crippen LogP contribution is -2.14. The number of halogens is 1. The molecule has 0 saturated heterocycles. The van der Waals surface area contributed by atoms with Crippen LogP contribution in [0, 0.1) is 17.7 Å². The molecule has 0 heterocycles. The van der Waals surface area contributed by atoms with Gasteiger partial charge in [0, 0.05) is 18.5 Å². The largest absolute Gasteiger partial charge is 0.348 e. The van der Waals surface area contributed by atoms with E-state index in [-0.39, 0.29) is 11.7 Å². The topological polar surface area (TPSA) is 29.1 Å². The van der Waals surface area contributed by atoms with Gasteiger partial charge in [0.2, 0.25) is 0 Å². The molecule has 0 aliphatic rings. The first-order valence-corrected chi connectivity index (χ1v) is 3.71. The molecule has 0 fully saturated rings. The van der Waals surface area contributed by atoms with E-state index in [1.807, 2.05) is 0 Å². The molecule has 1 N–H and O–H groups in total. The first-order valence-electron chi connectivity index (χ1n) is 3.71. The molecule has 66 valence electrons. The molecule has 1 rings (SSSR count). The summed E-state index contributed by atoms with van der Waals surface area (Å²) in [6.45, 7) is 0. The fraction of sp³-hybridized carbons (Fsp3) is 0.100. The van der Waals surface area contributed by atoms with E-state index in [4.69, 9.17) is 0 Å². The minimum absolute atomic E-state index is 0.314. The number of carbonyl (C=O) groups excluding carboxylic acids is 1. The SMILES string of the molecule is CNC(=O)C#Cc1ccc(F)cc1. The zero-order chi connectivity index (χ0) is 9.68. The summed E-state index contributed by atoms with van der Waals surface area (Å²) in [7, 11) is 1.50. The summed E-state index contributed by atoms with van der Waals surface area (Å²) in [5.74, 6) is 4.27. The van der Waals surface area contributed by atoms with Crippen molar-refractivity contribution in [1.29, 1.82) is 0 Å². The molecule has 13 heavy (non-hydrogen) atoms. The second-order valence-electron chi connectivity index (χ2n) is 2.34. The Morgan fingerprint density at radius 1 is 1.38 bits per heavy atom. The molecule has 0 radical (unpaired) electrons. The molecule has 0 bridgehead atoms. The number of benzene rings is 1. The van der Waals surface area contributed by atoms with Crippen LogP contribution in [0.5, 0.6) is 0 Å². The van der Waals surface area contributed by atoms with Crippen LogP contribution in [0.15, 0.2) is 24.3 Å². The van der Waals surface area contributed by atoms with Gasteiger partial charge in [0.05, 0.1) is 0 Å². The van der Waals surface area contributed by atoms with E-state index in [0.29, 0.717) is 5.56 Å². The van der Waals surface area contributed by atoms with Crippen LogP contribution in [0.3, 0.4) is 0 Å². The van der Waals surface area contributed by atoms with Gasteiger partial charge in [-0.1, -0.05) is 5.92 Å². The number of hydrogen-bond donors (Lipinski definition) is 1. The van der Waals surface area contributed by atoms with Crippen LogP contribution in [-0.4, -0.2) is 13.0 Å². The molecule has 2 nitrogen and oxygen atoms in total. The van der Waals surface area contributed by atoms with Crippen molar-refractivity contribution in [2.24, 2.45) is 0 Å². The van der Waals surface area contributed by atoms with Crippen molar-refractivity contribution in [3.05, 3.63) is 35.6 Å². The van der Waals surface area contributed by atoms with E-state index in [9.17, 15) is 9.18 Å². The third-order valence-electron chi connectivity index (χ3n) is 1.39. The maximum absolute atomic E-state index is 12.4. The zero-order valence-electron chi connectivity index (χ0n) is 7.10. The molecule has 1 aromatic rings. The van der Waals surface area contributed by atoms with Crippen molar-refractivity contribution in [3.8, 4) is 11.8 Å². The van der Waals surface area contributed by atoms with E-state index in [1.54, 1.807) is 0 Å². The minimum Gasteiger partial charge on any atom is -0.348 e. The van der Waals surface area contributed by atoms with Crippen molar-refractivity contribution in [2.75, 3.05) is 7.05 Å². The third-order valence-corrected chi connectivity index (χ3v) is 1.39. The molecular formula is C10H8FNO. The van der Waals surface area contributed by atoms with Gasteiger partial charge in [0.1, 0.15) is 5.82 Å². The zero-order valence-corrected chi connectivity index (χ0v) is 7.10. The van der Waals surface area contributed by atoms with Crippen molar-refractivity contribution in [3.63, 3.8) is 0 Å². The van der Waals surface area contributed by atoms with Gasteiger partial charge in [-0.25, -0.2) is 4.39 Å². The summed E-state index contributed by atoms with van der Waals surface area (Å²) >= 11 is 0. The Morgan fingerprint density at radius 2 is 2.00 bits per heavy atom. The minimum atomic E-state index is -0.357. The second-order valence-corrected chi connectivity index (χ2v) is 2.34. The summed E-state index contributed by atoms with van der Waals surface area (Å²) in [5, 5.41) is 2.36. The van der Waals surface area contributed by atoms with E-state index >= 15 is 0 Å². The summed E-state index contributed by atoms with van der Waals surface area (Å²) < 4.78 is 12.4. The van der Waals surface area contributed by atoms with Crippen LogP contribution in [0.4, 0.5) is 4.39 Å². The molecule has 0 atom stereocenters. The molecular weight excluding hydrogens is 169 g/mol. The second kappa shape index (κ2) is 4.27. The Morgan fingerprint density at radius 3 is 2.54 bits per heavy atom. The molecule has 0 aliphatic carbocycles. The van der Waals surface area contributed by atoms with Crippen LogP contribution < -0.4 is 5.32 Å². The summed E-state index contributed by atoms with van der Waals surface area (Å²) in [4.78, 5) is 10.7. The lowest BCUT2D eigenvalue weighted by atomic mass is 10.2. The average Bonchev–Trinajstić information content (AvgIpc) is 2.16. The fourth-order valence-corrected chi connectivity index (χ4v) is 0.725. The number of amides is 1. The first kappa shape index (κ1) is 9.27. The smallest absolute Gasteiger partial charge is 0.295 e. The monoisotopic (exact) mass is 177 g/mol. The molecule has 3 heteroatoms. The third kappa shape index (κ3) is 2.96. The van der Waals surface area contributed by atoms with Gasteiger partial charge in [0.15, 0.2) is 0 Å². The van der Waals surface area contributed by atoms with Crippen LogP contribution in [0.2, 0.25) is 0 Å². The van der Waals surface area contributed by atoms with Crippen molar-refractivity contribution in [2.45, 2.75) is 0 Å². The Hall–Kier alpha value is -1.82. The van der Waals surface area contributed by atoms with Gasteiger partial charge in [-0.05, 0) is 24.3 Å². The maximum Gasteiger partial charge on any atom is 0.295 e. The maximum atomic E-state index is 12.4. The highest BCUT2D eigenvalue weighted by molar-refractivity contribution is 5.93. The van der Waals surface area contributed by atoms with Gasteiger partial charge in [-0.2, -0.15) is 0 Å². The van der Waals surface area contributed by atoms with E-state index in [1.165, 1.54) is 31.3 Å². The number of rotatable bonds is 0. The fourth-order valence-electron chi connectivity index (χ4n) is 0.725. The van der Waals surface area contributed by atoms with Gasteiger partial charge in [0.25, 0.3) is 5.91 Å². The van der Waals surface area contributed by atoms with E-state index < -0.39 is 0 Å². The lowest BCUT2D eigenvalue weighted by molar-refractivity contribution is -0.115. The highest BCUT2D eigenvalue weighted by Crippen LogP contribution is 2.00. The molecule has 0 unspecified atom stereocenters. The van der Waals surface area contributed by atoms with Gasteiger partial charge in [-0.3, -0.25) is 4.79 Å². The predicted molar refractivity (Wildman–Crippen MR) is 47.3 cm³/mol. The summed E-state index contributed by atoms with van der Waals surface area (Å²) in [5.41, 5.74) is 0.616. The predicted octanol–water partition coefficient (Wildman–Crippen LogP) is 0.923. The van der Waals surface area contributed by atoms with Crippen molar-refractivity contribution >= 4 is 5.91 Å². The Balaban J connectivity index is 2.78. The van der Waals surface area contributed by atoms with Crippen LogP contribution >= 0.6 is 0 Å². The standard InChI is InChI=1S/C10H8FNO/c1-12-10(13)7-4-8-2-5-9(11)6-3-8/h2-3,5-6H,1H3,(H,12,13). The van der Waals surface area contributed by atoms with E-state index in [2.05, 4.69) is 17.2 Å². The van der Waals surface area contributed by atoms with Gasteiger partial charge >= 0.3 is 0 Å². The van der Waals surface area contributed by atoms with Crippen LogP contribution in [-0.2, 0) is 4.79 Å². The molecule has 0 aromatic heterocycles. The molecule has 1 amide bonds. The molecule has 1 aromatic carbocycles. The molecule has 0 saturated carbocycles. The number of hydrogen-bond acceptors (Lipinski definition) is 1. The average molecular weight is 177 g/mol. The van der Waals surface area contributed by atoms with Gasteiger partial charge < -0.3 is 5.32 Å². The molecule has 0 aliphatic heterocycles. The Kier molecular flexibility index (Phi) is 3.04. The van der Waals surface area contributed by atoms with E-state index in [0.717, 1.165) is 0 Å². The Labute approximate surface area is 75.8 Å². The lowest BCUT2D eigenvalue weighted by Gasteiger charge is -1.89. The first-order chi connectivity index (χ1) is 6.22. The molecule has 0 spiro atoms. The number of nitrogens with one attached hydrogen (secondary N) is 1.